The van der Waals surface area contributed by atoms with Gasteiger partial charge in [0, 0.05) is 27.8 Å². The third kappa shape index (κ3) is 4.01. The van der Waals surface area contributed by atoms with Crippen LogP contribution in [0.2, 0.25) is 0 Å². The van der Waals surface area contributed by atoms with Gasteiger partial charge < -0.3 is 4.57 Å². The number of imidazole rings is 2. The van der Waals surface area contributed by atoms with Gasteiger partial charge in [-0.2, -0.15) is 0 Å². The molecule has 12 aromatic rings. The largest absolute Gasteiger partial charge is 0.309 e. The van der Waals surface area contributed by atoms with Gasteiger partial charge in [-0.1, -0.05) is 66.7 Å². The standard InChI is InChI=1S/C46H27N7O2/c54-43-31-14-4-6-16-35(31)47-45-50(39-18-8-10-20-41(39)52(43)45)29-22-24-37-33(26-29)34-27-30(23-25-38(34)49(37)28-12-2-1-3-13-28)51-40-19-9-11-21-42(40)53-44(55)32-15-5-7-17-36(32)48-46(51)53/h1-27H. The number of hydrogen-bond donors (Lipinski definition) is 0. The topological polar surface area (TPSA) is 83.5 Å². The van der Waals surface area contributed by atoms with Crippen molar-refractivity contribution < 1.29 is 0 Å². The van der Waals surface area contributed by atoms with Crippen molar-refractivity contribution in [3.63, 3.8) is 0 Å². The van der Waals surface area contributed by atoms with Crippen LogP contribution in [0, 0.1) is 0 Å². The zero-order chi connectivity index (χ0) is 36.4. The molecule has 0 saturated heterocycles. The average Bonchev–Trinajstić information content (AvgIpc) is 3.86. The van der Waals surface area contributed by atoms with E-state index in [-0.39, 0.29) is 11.1 Å². The van der Waals surface area contributed by atoms with Crippen LogP contribution in [0.3, 0.4) is 0 Å². The SMILES string of the molecule is O=c1c2ccccc2nc2n(-c3ccc4c(c3)c3cc(-n5c6ccccc6n6c(=O)c7ccccc7nc56)ccc3n4-c3ccccc3)c3ccccc3n12. The summed E-state index contributed by atoms with van der Waals surface area (Å²) in [4.78, 5) is 38.1. The van der Waals surface area contributed by atoms with Crippen molar-refractivity contribution in [3.05, 3.63) is 184 Å². The van der Waals surface area contributed by atoms with Crippen molar-refractivity contribution >= 4 is 77.2 Å². The first-order valence-corrected chi connectivity index (χ1v) is 18.1. The maximum Gasteiger partial charge on any atom is 0.267 e. The van der Waals surface area contributed by atoms with Crippen molar-refractivity contribution in [1.29, 1.82) is 0 Å². The fourth-order valence-electron chi connectivity index (χ4n) is 8.52. The Kier molecular flexibility index (Phi) is 5.89. The summed E-state index contributed by atoms with van der Waals surface area (Å²) < 4.78 is 9.86. The molecule has 0 atom stereocenters. The van der Waals surface area contributed by atoms with Gasteiger partial charge in [0.25, 0.3) is 11.1 Å². The molecular formula is C46H27N7O2. The Morgan fingerprint density at radius 2 is 0.745 bits per heavy atom. The molecular weight excluding hydrogens is 683 g/mol. The van der Waals surface area contributed by atoms with Crippen LogP contribution in [-0.2, 0) is 0 Å². The highest BCUT2D eigenvalue weighted by atomic mass is 16.1. The highest BCUT2D eigenvalue weighted by Crippen LogP contribution is 2.37. The van der Waals surface area contributed by atoms with Gasteiger partial charge in [-0.05, 0) is 97.1 Å². The first kappa shape index (κ1) is 29.8. The Labute approximate surface area is 310 Å². The van der Waals surface area contributed by atoms with Crippen LogP contribution in [0.5, 0.6) is 0 Å². The lowest BCUT2D eigenvalue weighted by Gasteiger charge is -2.10. The molecule has 0 aliphatic carbocycles. The highest BCUT2D eigenvalue weighted by Gasteiger charge is 2.21. The smallest absolute Gasteiger partial charge is 0.267 e. The molecule has 55 heavy (non-hydrogen) atoms. The number of fused-ring (bicyclic) bond motifs is 11. The van der Waals surface area contributed by atoms with E-state index in [1.54, 1.807) is 8.80 Å². The van der Waals surface area contributed by atoms with Gasteiger partial charge in [0.2, 0.25) is 11.6 Å². The minimum Gasteiger partial charge on any atom is -0.309 e. The van der Waals surface area contributed by atoms with Crippen LogP contribution in [0.15, 0.2) is 173 Å². The minimum atomic E-state index is -0.103. The minimum absolute atomic E-state index is 0.103. The van der Waals surface area contributed by atoms with Gasteiger partial charge in [0.05, 0.1) is 54.9 Å². The second-order valence-electron chi connectivity index (χ2n) is 13.9. The van der Waals surface area contributed by atoms with E-state index in [1.165, 1.54) is 0 Å². The first-order valence-electron chi connectivity index (χ1n) is 18.1. The molecule has 5 aromatic heterocycles. The number of aromatic nitrogens is 7. The molecule has 258 valence electrons. The monoisotopic (exact) mass is 709 g/mol. The molecule has 0 amide bonds. The number of benzene rings is 7. The summed E-state index contributed by atoms with van der Waals surface area (Å²) in [6, 6.07) is 54.1. The lowest BCUT2D eigenvalue weighted by atomic mass is 10.1. The molecule has 0 N–H and O–H groups in total. The Hall–Kier alpha value is -7.78. The Balaban J connectivity index is 1.19. The molecule has 9 nitrogen and oxygen atoms in total. The Bertz CT molecular complexity index is 3490. The Morgan fingerprint density at radius 1 is 0.327 bits per heavy atom. The summed E-state index contributed by atoms with van der Waals surface area (Å²) in [5.41, 5.74) is 9.27. The zero-order valence-corrected chi connectivity index (χ0v) is 29.0. The molecule has 0 saturated carbocycles. The van der Waals surface area contributed by atoms with Crippen LogP contribution >= 0.6 is 0 Å². The molecule has 0 aliphatic heterocycles. The number of hydrogen-bond acceptors (Lipinski definition) is 4. The summed E-state index contributed by atoms with van der Waals surface area (Å²) in [5.74, 6) is 1.09. The van der Waals surface area contributed by atoms with E-state index in [4.69, 9.17) is 9.97 Å². The maximum absolute atomic E-state index is 14.0. The number of nitrogens with zero attached hydrogens (tertiary/aromatic N) is 7. The van der Waals surface area contributed by atoms with E-state index < -0.39 is 0 Å². The molecule has 0 radical (unpaired) electrons. The molecule has 5 heterocycles. The molecule has 0 aliphatic rings. The summed E-state index contributed by atoms with van der Waals surface area (Å²) in [7, 11) is 0. The second kappa shape index (κ2) is 10.9. The van der Waals surface area contributed by atoms with Crippen molar-refractivity contribution in [2.75, 3.05) is 0 Å². The van der Waals surface area contributed by atoms with E-state index in [2.05, 4.69) is 62.2 Å². The van der Waals surface area contributed by atoms with Gasteiger partial charge in [0.15, 0.2) is 0 Å². The van der Waals surface area contributed by atoms with Gasteiger partial charge in [-0.25, -0.2) is 18.8 Å². The first-order chi connectivity index (χ1) is 27.1. The van der Waals surface area contributed by atoms with Crippen LogP contribution in [0.4, 0.5) is 0 Å². The normalized spacial score (nSPS) is 12.1. The molecule has 0 bridgehead atoms. The van der Waals surface area contributed by atoms with Crippen LogP contribution in [-0.4, -0.2) is 32.5 Å². The van der Waals surface area contributed by atoms with Gasteiger partial charge >= 0.3 is 0 Å². The van der Waals surface area contributed by atoms with Crippen molar-refractivity contribution in [1.82, 2.24) is 32.5 Å². The average molecular weight is 710 g/mol. The molecule has 9 heteroatoms. The van der Waals surface area contributed by atoms with Crippen LogP contribution in [0.25, 0.3) is 94.3 Å². The molecule has 0 unspecified atom stereocenters. The quantitative estimate of drug-likeness (QED) is 0.183. The molecule has 0 fully saturated rings. The number of para-hydroxylation sites is 7. The van der Waals surface area contributed by atoms with E-state index in [9.17, 15) is 9.59 Å². The van der Waals surface area contributed by atoms with E-state index in [0.29, 0.717) is 33.4 Å². The van der Waals surface area contributed by atoms with Gasteiger partial charge in [-0.3, -0.25) is 18.7 Å². The fraction of sp³-hybridized carbons (Fsp3) is 0. The number of rotatable bonds is 3. The zero-order valence-electron chi connectivity index (χ0n) is 29.0. The second-order valence-corrected chi connectivity index (χ2v) is 13.9. The molecule has 12 rings (SSSR count). The van der Waals surface area contributed by atoms with E-state index in [1.807, 2.05) is 115 Å². The van der Waals surface area contributed by atoms with Gasteiger partial charge in [0.1, 0.15) is 0 Å². The van der Waals surface area contributed by atoms with Crippen LogP contribution in [0.1, 0.15) is 0 Å². The Morgan fingerprint density at radius 3 is 1.24 bits per heavy atom. The summed E-state index contributed by atoms with van der Waals surface area (Å²) >= 11 is 0. The molecule has 7 aromatic carbocycles. The van der Waals surface area contributed by atoms with Crippen molar-refractivity contribution in [3.8, 4) is 17.1 Å². The predicted octanol–water partition coefficient (Wildman–Crippen LogP) is 8.99. The van der Waals surface area contributed by atoms with Gasteiger partial charge in [-0.15, -0.1) is 0 Å². The third-order valence-corrected chi connectivity index (χ3v) is 10.9. The van der Waals surface area contributed by atoms with Crippen molar-refractivity contribution in [2.24, 2.45) is 0 Å². The summed E-state index contributed by atoms with van der Waals surface area (Å²) in [6.07, 6.45) is 0. The predicted molar refractivity (Wildman–Crippen MR) is 219 cm³/mol. The lowest BCUT2D eigenvalue weighted by molar-refractivity contribution is 1.05. The summed E-state index contributed by atoms with van der Waals surface area (Å²) in [6.45, 7) is 0. The van der Waals surface area contributed by atoms with E-state index >= 15 is 0 Å². The lowest BCUT2D eigenvalue weighted by Crippen LogP contribution is -2.15. The highest BCUT2D eigenvalue weighted by molar-refractivity contribution is 6.11. The van der Waals surface area contributed by atoms with E-state index in [0.717, 1.165) is 60.9 Å². The van der Waals surface area contributed by atoms with Crippen molar-refractivity contribution in [2.45, 2.75) is 0 Å². The van der Waals surface area contributed by atoms with Crippen LogP contribution < -0.4 is 11.1 Å². The fourth-order valence-corrected chi connectivity index (χ4v) is 8.52. The summed E-state index contributed by atoms with van der Waals surface area (Å²) in [5, 5.41) is 3.19. The third-order valence-electron chi connectivity index (χ3n) is 10.9. The maximum atomic E-state index is 14.0. The molecule has 0 spiro atoms.